The summed E-state index contributed by atoms with van der Waals surface area (Å²) in [6.45, 7) is 0. The van der Waals surface area contributed by atoms with Gasteiger partial charge in [0.1, 0.15) is 5.75 Å². The maximum absolute atomic E-state index is 12.8. The van der Waals surface area contributed by atoms with Gasteiger partial charge in [-0.3, -0.25) is 9.52 Å². The van der Waals surface area contributed by atoms with Crippen LogP contribution in [-0.2, 0) is 10.0 Å². The quantitative estimate of drug-likeness (QED) is 0.476. The molecule has 6 nitrogen and oxygen atoms in total. The van der Waals surface area contributed by atoms with E-state index >= 15 is 0 Å². The predicted molar refractivity (Wildman–Crippen MR) is 132 cm³/mol. The predicted octanol–water partition coefficient (Wildman–Crippen LogP) is 5.23. The minimum Gasteiger partial charge on any atom is -0.497 e. The van der Waals surface area contributed by atoms with Crippen molar-refractivity contribution in [1.82, 2.24) is 0 Å². The third-order valence-corrected chi connectivity index (χ3v) is 9.27. The lowest BCUT2D eigenvalue weighted by Crippen LogP contribution is -2.16. The molecular formula is C23H22N2O4S3. The number of ether oxygens (including phenoxy) is 1. The number of sulfonamides is 1. The van der Waals surface area contributed by atoms with Gasteiger partial charge in [0, 0.05) is 28.4 Å². The van der Waals surface area contributed by atoms with E-state index in [0.29, 0.717) is 21.7 Å². The van der Waals surface area contributed by atoms with E-state index in [0.717, 1.165) is 17.1 Å². The Morgan fingerprint density at radius 1 is 0.938 bits per heavy atom. The first-order chi connectivity index (χ1) is 15.4. The molecule has 4 rings (SSSR count). The van der Waals surface area contributed by atoms with Crippen molar-refractivity contribution in [3.05, 3.63) is 83.9 Å². The van der Waals surface area contributed by atoms with E-state index in [1.54, 1.807) is 43.5 Å². The van der Waals surface area contributed by atoms with Crippen LogP contribution < -0.4 is 14.8 Å². The number of hydrogen-bond donors (Lipinski definition) is 2. The standard InChI is InChI=1S/C23H22N2O4S3/c1-29-20-10-8-18(9-11-20)25-32(27,28)21-7-3-4-16(15-21)22(26)24-19-6-2-5-17(14-19)23-30-12-13-31-23/h2-11,14-15,23,25H,12-13H2,1H3,(H,24,26). The zero-order valence-electron chi connectivity index (χ0n) is 17.3. The summed E-state index contributed by atoms with van der Waals surface area (Å²) in [6.07, 6.45) is 0. The molecule has 0 saturated carbocycles. The maximum atomic E-state index is 12.8. The average Bonchev–Trinajstić information content (AvgIpc) is 3.35. The highest BCUT2D eigenvalue weighted by atomic mass is 32.2. The van der Waals surface area contributed by atoms with Crippen molar-refractivity contribution < 1.29 is 17.9 Å². The van der Waals surface area contributed by atoms with Crippen LogP contribution in [0, 0.1) is 0 Å². The third kappa shape index (κ3) is 5.40. The Labute approximate surface area is 196 Å². The Hall–Kier alpha value is -2.62. The second-order valence-electron chi connectivity index (χ2n) is 7.01. The highest BCUT2D eigenvalue weighted by Gasteiger charge is 2.19. The number of thioether (sulfide) groups is 2. The van der Waals surface area contributed by atoms with Crippen LogP contribution in [0.4, 0.5) is 11.4 Å². The Bertz CT molecular complexity index is 1210. The molecule has 1 aliphatic heterocycles. The first-order valence-electron chi connectivity index (χ1n) is 9.86. The van der Waals surface area contributed by atoms with E-state index in [2.05, 4.69) is 16.1 Å². The molecule has 1 fully saturated rings. The van der Waals surface area contributed by atoms with Crippen LogP contribution in [0.5, 0.6) is 5.75 Å². The molecule has 0 atom stereocenters. The van der Waals surface area contributed by atoms with E-state index in [9.17, 15) is 13.2 Å². The smallest absolute Gasteiger partial charge is 0.261 e. The molecule has 32 heavy (non-hydrogen) atoms. The fourth-order valence-corrected chi connectivity index (χ4v) is 7.14. The normalized spacial score (nSPS) is 14.2. The zero-order chi connectivity index (χ0) is 22.6. The van der Waals surface area contributed by atoms with Gasteiger partial charge in [0.25, 0.3) is 15.9 Å². The number of hydrogen-bond acceptors (Lipinski definition) is 6. The van der Waals surface area contributed by atoms with Crippen molar-refractivity contribution in [2.45, 2.75) is 9.48 Å². The van der Waals surface area contributed by atoms with Gasteiger partial charge in [-0.1, -0.05) is 18.2 Å². The molecule has 1 amide bonds. The number of benzene rings is 3. The molecule has 1 heterocycles. The molecule has 0 unspecified atom stereocenters. The van der Waals surface area contributed by atoms with Gasteiger partial charge >= 0.3 is 0 Å². The lowest BCUT2D eigenvalue weighted by molar-refractivity contribution is 0.102. The highest BCUT2D eigenvalue weighted by Crippen LogP contribution is 2.45. The molecule has 3 aromatic rings. The number of rotatable bonds is 7. The van der Waals surface area contributed by atoms with Gasteiger partial charge in [-0.25, -0.2) is 8.42 Å². The first-order valence-corrected chi connectivity index (χ1v) is 13.4. The summed E-state index contributed by atoms with van der Waals surface area (Å²) in [4.78, 5) is 12.8. The van der Waals surface area contributed by atoms with Gasteiger partial charge in [-0.2, -0.15) is 0 Å². The van der Waals surface area contributed by atoms with Gasteiger partial charge in [0.05, 0.1) is 16.6 Å². The van der Waals surface area contributed by atoms with Crippen LogP contribution in [0.25, 0.3) is 0 Å². The molecule has 1 saturated heterocycles. The van der Waals surface area contributed by atoms with Gasteiger partial charge in [-0.05, 0) is 60.2 Å². The monoisotopic (exact) mass is 486 g/mol. The Morgan fingerprint density at radius 2 is 1.66 bits per heavy atom. The highest BCUT2D eigenvalue weighted by molar-refractivity contribution is 8.19. The van der Waals surface area contributed by atoms with Crippen LogP contribution in [-0.4, -0.2) is 32.9 Å². The second kappa shape index (κ2) is 9.89. The number of amides is 1. The fourth-order valence-electron chi connectivity index (χ4n) is 3.19. The summed E-state index contributed by atoms with van der Waals surface area (Å²) < 4.78 is 33.6. The molecule has 0 radical (unpaired) electrons. The Morgan fingerprint density at radius 3 is 2.38 bits per heavy atom. The molecule has 1 aliphatic rings. The third-order valence-electron chi connectivity index (χ3n) is 4.79. The van der Waals surface area contributed by atoms with Crippen molar-refractivity contribution in [1.29, 1.82) is 0 Å². The second-order valence-corrected chi connectivity index (χ2v) is 11.4. The molecule has 0 spiro atoms. The van der Waals surface area contributed by atoms with E-state index < -0.39 is 10.0 Å². The number of methoxy groups -OCH3 is 1. The molecule has 0 bridgehead atoms. The Kier molecular flexibility index (Phi) is 6.98. The number of nitrogens with one attached hydrogen (secondary N) is 2. The van der Waals surface area contributed by atoms with Crippen LogP contribution in [0.3, 0.4) is 0 Å². The lowest BCUT2D eigenvalue weighted by atomic mass is 10.2. The van der Waals surface area contributed by atoms with Crippen LogP contribution in [0.2, 0.25) is 0 Å². The largest absolute Gasteiger partial charge is 0.497 e. The van der Waals surface area contributed by atoms with Crippen molar-refractivity contribution in [2.75, 3.05) is 28.7 Å². The average molecular weight is 487 g/mol. The van der Waals surface area contributed by atoms with E-state index in [1.165, 1.54) is 12.1 Å². The number of anilines is 2. The van der Waals surface area contributed by atoms with Crippen LogP contribution in [0.15, 0.2) is 77.7 Å². The van der Waals surface area contributed by atoms with E-state index in [4.69, 9.17) is 4.74 Å². The summed E-state index contributed by atoms with van der Waals surface area (Å²) in [5, 5.41) is 2.88. The van der Waals surface area contributed by atoms with E-state index in [-0.39, 0.29) is 16.4 Å². The molecule has 166 valence electrons. The summed E-state index contributed by atoms with van der Waals surface area (Å²) in [7, 11) is -2.32. The van der Waals surface area contributed by atoms with Gasteiger partial charge < -0.3 is 10.1 Å². The summed E-state index contributed by atoms with van der Waals surface area (Å²) in [5.74, 6) is 2.51. The molecule has 2 N–H and O–H groups in total. The summed E-state index contributed by atoms with van der Waals surface area (Å²) in [6, 6.07) is 20.3. The SMILES string of the molecule is COc1ccc(NS(=O)(=O)c2cccc(C(=O)Nc3cccc(C4SCCS4)c3)c2)cc1. The molecule has 3 aromatic carbocycles. The topological polar surface area (TPSA) is 84.5 Å². The van der Waals surface area contributed by atoms with Crippen molar-refractivity contribution >= 4 is 50.8 Å². The Balaban J connectivity index is 1.49. The number of carbonyl (C=O) groups is 1. The van der Waals surface area contributed by atoms with Crippen LogP contribution >= 0.6 is 23.5 Å². The zero-order valence-corrected chi connectivity index (χ0v) is 19.7. The first kappa shape index (κ1) is 22.6. The molecule has 0 aromatic heterocycles. The molecule has 9 heteroatoms. The van der Waals surface area contributed by atoms with Crippen molar-refractivity contribution in [3.8, 4) is 5.75 Å². The molecule has 0 aliphatic carbocycles. The maximum Gasteiger partial charge on any atom is 0.261 e. The van der Waals surface area contributed by atoms with Gasteiger partial charge in [0.15, 0.2) is 0 Å². The minimum atomic E-state index is -3.86. The summed E-state index contributed by atoms with van der Waals surface area (Å²) >= 11 is 3.79. The minimum absolute atomic E-state index is 0.00785. The van der Waals surface area contributed by atoms with Gasteiger partial charge in [0.2, 0.25) is 0 Å². The van der Waals surface area contributed by atoms with Gasteiger partial charge in [-0.15, -0.1) is 23.5 Å². The van der Waals surface area contributed by atoms with Crippen molar-refractivity contribution in [2.24, 2.45) is 0 Å². The fraction of sp³-hybridized carbons (Fsp3) is 0.174. The van der Waals surface area contributed by atoms with Crippen LogP contribution in [0.1, 0.15) is 20.5 Å². The summed E-state index contributed by atoms with van der Waals surface area (Å²) in [5.41, 5.74) is 2.51. The van der Waals surface area contributed by atoms with E-state index in [1.807, 2.05) is 41.7 Å². The molecular weight excluding hydrogens is 464 g/mol. The number of carbonyl (C=O) groups excluding carboxylic acids is 1. The van der Waals surface area contributed by atoms with Crippen molar-refractivity contribution in [3.63, 3.8) is 0 Å². The lowest BCUT2D eigenvalue weighted by Gasteiger charge is -2.12.